The van der Waals surface area contributed by atoms with Gasteiger partial charge in [-0.25, -0.2) is 0 Å². The molecule has 1 rings (SSSR count). The highest BCUT2D eigenvalue weighted by atomic mass is 35.5. The number of aryl methyl sites for hydroxylation is 1. The second-order valence-corrected chi connectivity index (χ2v) is 5.75. The first-order chi connectivity index (χ1) is 8.91. The van der Waals surface area contributed by atoms with E-state index in [1.54, 1.807) is 0 Å². The molecule has 19 heavy (non-hydrogen) atoms. The highest BCUT2D eigenvalue weighted by Crippen LogP contribution is 2.35. The summed E-state index contributed by atoms with van der Waals surface area (Å²) in [6, 6.07) is 2.79. The van der Waals surface area contributed by atoms with Crippen molar-refractivity contribution in [1.29, 1.82) is 0 Å². The van der Waals surface area contributed by atoms with Crippen molar-refractivity contribution in [2.45, 2.75) is 31.1 Å². The lowest BCUT2D eigenvalue weighted by Crippen LogP contribution is -2.07. The minimum absolute atomic E-state index is 0.00564. The van der Waals surface area contributed by atoms with Crippen LogP contribution in [0.25, 0.3) is 0 Å². The Hall–Kier alpha value is -0.850. The summed E-state index contributed by atoms with van der Waals surface area (Å²) in [5, 5.41) is 0.149. The molecule has 0 amide bonds. The summed E-state index contributed by atoms with van der Waals surface area (Å²) in [7, 11) is -4.43. The summed E-state index contributed by atoms with van der Waals surface area (Å²) < 4.78 is 48.9. The summed E-state index contributed by atoms with van der Waals surface area (Å²) in [5.41, 5.74) is 0.729. The SMILES string of the molecule is CCCc1ccc(S(=O)(=O)O)c(OCCCF)c1Cl. The number of rotatable bonds is 7. The van der Waals surface area contributed by atoms with E-state index in [0.717, 1.165) is 12.0 Å². The molecule has 0 aliphatic carbocycles. The molecule has 0 aliphatic rings. The van der Waals surface area contributed by atoms with E-state index in [9.17, 15) is 12.8 Å². The molecule has 4 nitrogen and oxygen atoms in total. The Morgan fingerprint density at radius 3 is 2.63 bits per heavy atom. The third-order valence-corrected chi connectivity index (χ3v) is 3.75. The summed E-state index contributed by atoms with van der Waals surface area (Å²) in [6.07, 6.45) is 1.61. The number of hydrogen-bond donors (Lipinski definition) is 1. The van der Waals surface area contributed by atoms with Gasteiger partial charge in [-0.2, -0.15) is 8.42 Å². The summed E-state index contributed by atoms with van der Waals surface area (Å²) in [4.78, 5) is -0.392. The first-order valence-electron chi connectivity index (χ1n) is 5.89. The van der Waals surface area contributed by atoms with Crippen LogP contribution in [0.2, 0.25) is 5.02 Å². The van der Waals surface area contributed by atoms with Crippen LogP contribution in [0.3, 0.4) is 0 Å². The van der Waals surface area contributed by atoms with Crippen LogP contribution in [-0.2, 0) is 16.5 Å². The Morgan fingerprint density at radius 2 is 2.11 bits per heavy atom. The molecule has 0 heterocycles. The molecule has 0 radical (unpaired) electrons. The zero-order valence-electron chi connectivity index (χ0n) is 10.5. The van der Waals surface area contributed by atoms with E-state index in [4.69, 9.17) is 20.9 Å². The van der Waals surface area contributed by atoms with Crippen molar-refractivity contribution in [2.24, 2.45) is 0 Å². The van der Waals surface area contributed by atoms with Crippen LogP contribution >= 0.6 is 11.6 Å². The van der Waals surface area contributed by atoms with E-state index in [1.165, 1.54) is 12.1 Å². The van der Waals surface area contributed by atoms with Crippen LogP contribution in [0, 0.1) is 0 Å². The van der Waals surface area contributed by atoms with Gasteiger partial charge in [-0.3, -0.25) is 8.94 Å². The standard InChI is InChI=1S/C12H16ClFO4S/c1-2-4-9-5-6-10(19(15,16)17)12(11(9)13)18-8-3-7-14/h5-6H,2-4,7-8H2,1H3,(H,15,16,17). The Morgan fingerprint density at radius 1 is 1.42 bits per heavy atom. The van der Waals surface area contributed by atoms with Crippen molar-refractivity contribution in [3.8, 4) is 5.75 Å². The Kier molecular flexibility index (Phi) is 6.03. The predicted octanol–water partition coefficient (Wildman–Crippen LogP) is 3.28. The lowest BCUT2D eigenvalue weighted by atomic mass is 10.1. The number of ether oxygens (including phenoxy) is 1. The molecule has 0 spiro atoms. The Balaban J connectivity index is 3.21. The topological polar surface area (TPSA) is 63.6 Å². The van der Waals surface area contributed by atoms with Gasteiger partial charge in [0.1, 0.15) is 4.90 Å². The zero-order valence-corrected chi connectivity index (χ0v) is 12.1. The van der Waals surface area contributed by atoms with Gasteiger partial charge < -0.3 is 4.74 Å². The van der Waals surface area contributed by atoms with Gasteiger partial charge in [0.05, 0.1) is 18.3 Å². The van der Waals surface area contributed by atoms with Crippen LogP contribution in [0.15, 0.2) is 17.0 Å². The normalized spacial score (nSPS) is 11.6. The first-order valence-corrected chi connectivity index (χ1v) is 7.71. The monoisotopic (exact) mass is 310 g/mol. The molecule has 0 fully saturated rings. The maximum Gasteiger partial charge on any atom is 0.298 e. The zero-order chi connectivity index (χ0) is 14.5. The summed E-state index contributed by atoms with van der Waals surface area (Å²) in [6.45, 7) is 1.37. The number of alkyl halides is 1. The fourth-order valence-corrected chi connectivity index (χ4v) is 2.61. The minimum atomic E-state index is -4.43. The molecule has 108 valence electrons. The summed E-state index contributed by atoms with van der Waals surface area (Å²) in [5.74, 6) is -0.108. The molecule has 0 bridgehead atoms. The van der Waals surface area contributed by atoms with Crippen LogP contribution in [0.4, 0.5) is 4.39 Å². The Labute approximate surface area is 117 Å². The Bertz CT molecular complexity index is 531. The average molecular weight is 311 g/mol. The van der Waals surface area contributed by atoms with Gasteiger partial charge in [0, 0.05) is 6.42 Å². The maximum absolute atomic E-state index is 12.1. The van der Waals surface area contributed by atoms with Crippen molar-refractivity contribution in [3.63, 3.8) is 0 Å². The number of halogens is 2. The minimum Gasteiger partial charge on any atom is -0.490 e. The molecule has 0 atom stereocenters. The van der Waals surface area contributed by atoms with Gasteiger partial charge in [0.2, 0.25) is 0 Å². The second kappa shape index (κ2) is 7.07. The van der Waals surface area contributed by atoms with Crippen molar-refractivity contribution < 1.29 is 22.1 Å². The molecular weight excluding hydrogens is 295 g/mol. The van der Waals surface area contributed by atoms with Gasteiger partial charge in [0.25, 0.3) is 10.1 Å². The number of hydrogen-bond acceptors (Lipinski definition) is 3. The molecule has 0 aromatic heterocycles. The van der Waals surface area contributed by atoms with Crippen LogP contribution in [-0.4, -0.2) is 26.3 Å². The molecule has 0 aliphatic heterocycles. The molecule has 1 N–H and O–H groups in total. The fourth-order valence-electron chi connectivity index (χ4n) is 1.61. The van der Waals surface area contributed by atoms with Gasteiger partial charge in [-0.15, -0.1) is 0 Å². The van der Waals surface area contributed by atoms with Crippen molar-refractivity contribution in [3.05, 3.63) is 22.7 Å². The lowest BCUT2D eigenvalue weighted by Gasteiger charge is -2.14. The molecule has 0 saturated heterocycles. The van der Waals surface area contributed by atoms with Gasteiger partial charge in [0.15, 0.2) is 5.75 Å². The van der Waals surface area contributed by atoms with Crippen molar-refractivity contribution >= 4 is 21.7 Å². The fraction of sp³-hybridized carbons (Fsp3) is 0.500. The second-order valence-electron chi connectivity index (χ2n) is 3.98. The third kappa shape index (κ3) is 4.33. The lowest BCUT2D eigenvalue weighted by molar-refractivity contribution is 0.282. The average Bonchev–Trinajstić information content (AvgIpc) is 2.32. The maximum atomic E-state index is 12.1. The van der Waals surface area contributed by atoms with Crippen molar-refractivity contribution in [2.75, 3.05) is 13.3 Å². The van der Waals surface area contributed by atoms with E-state index in [1.807, 2.05) is 6.92 Å². The highest BCUT2D eigenvalue weighted by Gasteiger charge is 2.21. The van der Waals surface area contributed by atoms with E-state index >= 15 is 0 Å². The van der Waals surface area contributed by atoms with E-state index in [0.29, 0.717) is 6.42 Å². The smallest absolute Gasteiger partial charge is 0.298 e. The molecule has 0 unspecified atom stereocenters. The first kappa shape index (κ1) is 16.2. The molecule has 7 heteroatoms. The van der Waals surface area contributed by atoms with Gasteiger partial charge >= 0.3 is 0 Å². The predicted molar refractivity (Wildman–Crippen MR) is 71.3 cm³/mol. The highest BCUT2D eigenvalue weighted by molar-refractivity contribution is 7.86. The molecule has 1 aromatic carbocycles. The van der Waals surface area contributed by atoms with Crippen LogP contribution < -0.4 is 4.74 Å². The van der Waals surface area contributed by atoms with Crippen molar-refractivity contribution in [1.82, 2.24) is 0 Å². The molecular formula is C12H16ClFO4S. The van der Waals surface area contributed by atoms with Crippen LogP contribution in [0.5, 0.6) is 5.75 Å². The van der Waals surface area contributed by atoms with E-state index in [2.05, 4.69) is 0 Å². The number of benzene rings is 1. The van der Waals surface area contributed by atoms with E-state index < -0.39 is 21.7 Å². The molecule has 0 saturated carbocycles. The largest absolute Gasteiger partial charge is 0.490 e. The summed E-state index contributed by atoms with van der Waals surface area (Å²) >= 11 is 6.08. The third-order valence-electron chi connectivity index (χ3n) is 2.46. The van der Waals surface area contributed by atoms with Gasteiger partial charge in [-0.05, 0) is 18.1 Å². The van der Waals surface area contributed by atoms with E-state index in [-0.39, 0.29) is 23.8 Å². The van der Waals surface area contributed by atoms with Crippen LogP contribution in [0.1, 0.15) is 25.3 Å². The molecule has 1 aromatic rings. The van der Waals surface area contributed by atoms with Gasteiger partial charge in [-0.1, -0.05) is 31.0 Å². The quantitative estimate of drug-likeness (QED) is 0.620.